The highest BCUT2D eigenvalue weighted by Crippen LogP contribution is 2.69. The lowest BCUT2D eigenvalue weighted by atomic mass is 9.79. The first-order valence-electron chi connectivity index (χ1n) is 4.79. The van der Waals surface area contributed by atoms with Crippen molar-refractivity contribution in [1.29, 1.82) is 0 Å². The van der Waals surface area contributed by atoms with E-state index in [4.69, 9.17) is 9.84 Å². The van der Waals surface area contributed by atoms with Crippen LogP contribution < -0.4 is 0 Å². The SMILES string of the molecule is CC1(C)CCC2(CCO)OC12C. The maximum Gasteiger partial charge on any atom is 0.100 e. The van der Waals surface area contributed by atoms with Crippen molar-refractivity contribution in [3.63, 3.8) is 0 Å². The molecule has 0 spiro atoms. The first kappa shape index (κ1) is 8.52. The van der Waals surface area contributed by atoms with Gasteiger partial charge in [-0.25, -0.2) is 0 Å². The van der Waals surface area contributed by atoms with Crippen molar-refractivity contribution in [3.05, 3.63) is 0 Å². The summed E-state index contributed by atoms with van der Waals surface area (Å²) in [4.78, 5) is 0. The quantitative estimate of drug-likeness (QED) is 0.640. The maximum atomic E-state index is 8.92. The van der Waals surface area contributed by atoms with Gasteiger partial charge in [0.05, 0.1) is 0 Å². The molecule has 0 radical (unpaired) electrons. The van der Waals surface area contributed by atoms with Gasteiger partial charge < -0.3 is 9.84 Å². The summed E-state index contributed by atoms with van der Waals surface area (Å²) >= 11 is 0. The molecule has 0 aromatic carbocycles. The lowest BCUT2D eigenvalue weighted by Gasteiger charge is -2.24. The van der Waals surface area contributed by atoms with E-state index in [-0.39, 0.29) is 17.8 Å². The highest BCUT2D eigenvalue weighted by Gasteiger charge is 2.76. The molecule has 2 rings (SSSR count). The number of ether oxygens (including phenoxy) is 1. The first-order valence-corrected chi connectivity index (χ1v) is 4.79. The Morgan fingerprint density at radius 2 is 1.92 bits per heavy atom. The smallest absolute Gasteiger partial charge is 0.100 e. The summed E-state index contributed by atoms with van der Waals surface area (Å²) < 4.78 is 5.82. The predicted molar refractivity (Wildman–Crippen MR) is 46.9 cm³/mol. The second kappa shape index (κ2) is 2.05. The number of hydrogen-bond acceptors (Lipinski definition) is 2. The average molecular weight is 170 g/mol. The zero-order chi connectivity index (χ0) is 9.04. The van der Waals surface area contributed by atoms with E-state index in [0.717, 1.165) is 12.8 Å². The third-order valence-corrected chi connectivity index (χ3v) is 4.19. The predicted octanol–water partition coefficient (Wildman–Crippen LogP) is 1.72. The van der Waals surface area contributed by atoms with Crippen molar-refractivity contribution < 1.29 is 9.84 Å². The summed E-state index contributed by atoms with van der Waals surface area (Å²) in [5.74, 6) is 0. The largest absolute Gasteiger partial charge is 0.396 e. The zero-order valence-corrected chi connectivity index (χ0v) is 8.18. The van der Waals surface area contributed by atoms with Crippen LogP contribution in [0.2, 0.25) is 0 Å². The number of fused-ring (bicyclic) bond motifs is 1. The monoisotopic (exact) mass is 170 g/mol. The Morgan fingerprint density at radius 3 is 2.25 bits per heavy atom. The van der Waals surface area contributed by atoms with Gasteiger partial charge in [0.15, 0.2) is 0 Å². The van der Waals surface area contributed by atoms with Crippen molar-refractivity contribution in [2.75, 3.05) is 6.61 Å². The van der Waals surface area contributed by atoms with E-state index >= 15 is 0 Å². The van der Waals surface area contributed by atoms with Gasteiger partial charge in [-0.1, -0.05) is 13.8 Å². The van der Waals surface area contributed by atoms with E-state index in [0.29, 0.717) is 5.41 Å². The molecule has 0 aromatic heterocycles. The van der Waals surface area contributed by atoms with Crippen LogP contribution in [0.3, 0.4) is 0 Å². The number of aliphatic hydroxyl groups is 1. The summed E-state index contributed by atoms with van der Waals surface area (Å²) in [6, 6.07) is 0. The molecule has 1 aliphatic carbocycles. The third kappa shape index (κ3) is 0.728. The highest BCUT2D eigenvalue weighted by atomic mass is 16.6. The van der Waals surface area contributed by atoms with Crippen molar-refractivity contribution in [2.45, 2.75) is 51.2 Å². The molecule has 2 fully saturated rings. The molecule has 2 aliphatic rings. The fourth-order valence-electron chi connectivity index (χ4n) is 2.76. The average Bonchev–Trinajstić information content (AvgIpc) is 2.51. The second-order valence-electron chi connectivity index (χ2n) is 4.99. The molecule has 1 aliphatic heterocycles. The van der Waals surface area contributed by atoms with E-state index in [1.807, 2.05) is 0 Å². The molecule has 1 saturated carbocycles. The summed E-state index contributed by atoms with van der Waals surface area (Å²) in [5.41, 5.74) is 0.371. The van der Waals surface area contributed by atoms with Gasteiger partial charge in [0.25, 0.3) is 0 Å². The lowest BCUT2D eigenvalue weighted by Crippen LogP contribution is -2.29. The summed E-state index contributed by atoms with van der Waals surface area (Å²) in [6.45, 7) is 6.97. The van der Waals surface area contributed by atoms with Crippen LogP contribution in [0.4, 0.5) is 0 Å². The number of epoxide rings is 1. The van der Waals surface area contributed by atoms with Crippen LogP contribution in [0.15, 0.2) is 0 Å². The minimum atomic E-state index is 0.0330. The second-order valence-corrected chi connectivity index (χ2v) is 4.99. The van der Waals surface area contributed by atoms with Gasteiger partial charge in [0.2, 0.25) is 0 Å². The molecule has 0 bridgehead atoms. The van der Waals surface area contributed by atoms with Gasteiger partial charge in [-0.3, -0.25) is 0 Å². The molecule has 2 nitrogen and oxygen atoms in total. The third-order valence-electron chi connectivity index (χ3n) is 4.19. The van der Waals surface area contributed by atoms with Crippen LogP contribution >= 0.6 is 0 Å². The molecule has 0 amide bonds. The van der Waals surface area contributed by atoms with Crippen molar-refractivity contribution in [2.24, 2.45) is 5.41 Å². The van der Waals surface area contributed by atoms with Crippen molar-refractivity contribution in [3.8, 4) is 0 Å². The van der Waals surface area contributed by atoms with E-state index in [1.54, 1.807) is 0 Å². The number of rotatable bonds is 2. The Kier molecular flexibility index (Phi) is 1.45. The molecular weight excluding hydrogens is 152 g/mol. The maximum absolute atomic E-state index is 8.92. The van der Waals surface area contributed by atoms with E-state index in [1.165, 1.54) is 6.42 Å². The highest BCUT2D eigenvalue weighted by molar-refractivity contribution is 5.24. The summed E-state index contributed by atoms with van der Waals surface area (Å²) in [5, 5.41) is 8.92. The Morgan fingerprint density at radius 1 is 1.25 bits per heavy atom. The van der Waals surface area contributed by atoms with Gasteiger partial charge in [-0.2, -0.15) is 0 Å². The summed E-state index contributed by atoms with van der Waals surface area (Å²) in [6.07, 6.45) is 3.16. The van der Waals surface area contributed by atoms with Gasteiger partial charge in [0.1, 0.15) is 11.2 Å². The van der Waals surface area contributed by atoms with E-state index < -0.39 is 0 Å². The summed E-state index contributed by atoms with van der Waals surface area (Å²) in [7, 11) is 0. The standard InChI is InChI=1S/C10H18O2/c1-8(2)4-5-10(6-7-11)9(8,3)12-10/h11H,4-7H2,1-3H3. The lowest BCUT2D eigenvalue weighted by molar-refractivity contribution is 0.113. The minimum absolute atomic E-state index is 0.0330. The molecule has 2 atom stereocenters. The van der Waals surface area contributed by atoms with Crippen LogP contribution in [-0.4, -0.2) is 22.9 Å². The van der Waals surface area contributed by atoms with Crippen LogP contribution in [0.1, 0.15) is 40.0 Å². The van der Waals surface area contributed by atoms with Gasteiger partial charge in [-0.15, -0.1) is 0 Å². The van der Waals surface area contributed by atoms with Crippen molar-refractivity contribution in [1.82, 2.24) is 0 Å². The molecule has 12 heavy (non-hydrogen) atoms. The number of hydrogen-bond donors (Lipinski definition) is 1. The van der Waals surface area contributed by atoms with Gasteiger partial charge in [0, 0.05) is 13.0 Å². The zero-order valence-electron chi connectivity index (χ0n) is 8.18. The Bertz CT molecular complexity index is 208. The molecule has 2 heteroatoms. The minimum Gasteiger partial charge on any atom is -0.396 e. The molecule has 0 aromatic rings. The number of aliphatic hydroxyl groups excluding tert-OH is 1. The van der Waals surface area contributed by atoms with Crippen LogP contribution in [-0.2, 0) is 4.74 Å². The Balaban J connectivity index is 2.19. The molecule has 1 heterocycles. The Labute approximate surface area is 73.9 Å². The molecule has 2 unspecified atom stereocenters. The Hall–Kier alpha value is -0.0800. The molecule has 1 saturated heterocycles. The van der Waals surface area contributed by atoms with Gasteiger partial charge >= 0.3 is 0 Å². The van der Waals surface area contributed by atoms with Crippen LogP contribution in [0, 0.1) is 5.41 Å². The fraction of sp³-hybridized carbons (Fsp3) is 1.00. The normalized spacial score (nSPS) is 49.0. The van der Waals surface area contributed by atoms with Crippen LogP contribution in [0.25, 0.3) is 0 Å². The van der Waals surface area contributed by atoms with Crippen molar-refractivity contribution >= 4 is 0 Å². The first-order chi connectivity index (χ1) is 5.47. The molecular formula is C10H18O2. The van der Waals surface area contributed by atoms with E-state index in [9.17, 15) is 0 Å². The van der Waals surface area contributed by atoms with E-state index in [2.05, 4.69) is 20.8 Å². The van der Waals surface area contributed by atoms with Gasteiger partial charge in [-0.05, 0) is 25.2 Å². The van der Waals surface area contributed by atoms with Crippen LogP contribution in [0.5, 0.6) is 0 Å². The fourth-order valence-corrected chi connectivity index (χ4v) is 2.76. The molecule has 70 valence electrons. The topological polar surface area (TPSA) is 32.8 Å². The molecule has 1 N–H and O–H groups in total.